The number of benzene rings is 2. The molecule has 0 aliphatic carbocycles. The lowest BCUT2D eigenvalue weighted by Gasteiger charge is -2.24. The third kappa shape index (κ3) is 12.1. The highest BCUT2D eigenvalue weighted by Gasteiger charge is 2.30. The van der Waals surface area contributed by atoms with E-state index in [1.165, 1.54) is 24.3 Å². The molecular formula is C33H38N6O11. The number of non-ortho nitro benzene ring substituents is 1. The Balaban J connectivity index is 1.57. The van der Waals surface area contributed by atoms with Crippen molar-refractivity contribution in [1.29, 1.82) is 0 Å². The summed E-state index contributed by atoms with van der Waals surface area (Å²) < 4.78 is 10.1. The number of primary amides is 1. The van der Waals surface area contributed by atoms with Gasteiger partial charge in [0, 0.05) is 61.8 Å². The molecule has 266 valence electrons. The average Bonchev–Trinajstić information content (AvgIpc) is 3.39. The summed E-state index contributed by atoms with van der Waals surface area (Å²) in [5.74, 6) is -3.61. The van der Waals surface area contributed by atoms with Gasteiger partial charge in [-0.3, -0.25) is 39.0 Å². The van der Waals surface area contributed by atoms with Gasteiger partial charge in [-0.25, -0.2) is 9.59 Å². The Morgan fingerprint density at radius 3 is 2.18 bits per heavy atom. The second-order valence-electron chi connectivity index (χ2n) is 11.6. The van der Waals surface area contributed by atoms with E-state index < -0.39 is 58.5 Å². The normalized spacial score (nSPS) is 13.4. The number of ketones is 1. The largest absolute Gasteiger partial charge is 0.514 e. The first-order valence-electron chi connectivity index (χ1n) is 15.6. The molecule has 17 nitrogen and oxygen atoms in total. The Bertz CT molecular complexity index is 1610. The van der Waals surface area contributed by atoms with Gasteiger partial charge >= 0.3 is 12.2 Å². The van der Waals surface area contributed by atoms with Crippen LogP contribution in [0.2, 0.25) is 0 Å². The van der Waals surface area contributed by atoms with Crippen molar-refractivity contribution >= 4 is 53.0 Å². The highest BCUT2D eigenvalue weighted by molar-refractivity contribution is 6.13. The van der Waals surface area contributed by atoms with Crippen LogP contribution in [0.25, 0.3) is 0 Å². The van der Waals surface area contributed by atoms with E-state index in [1.54, 1.807) is 38.1 Å². The summed E-state index contributed by atoms with van der Waals surface area (Å²) in [6, 6.07) is 9.51. The molecule has 2 aromatic rings. The topological polar surface area (TPSA) is 246 Å². The highest BCUT2D eigenvalue weighted by atomic mass is 16.7. The van der Waals surface area contributed by atoms with Gasteiger partial charge in [0.05, 0.1) is 11.0 Å². The van der Waals surface area contributed by atoms with Gasteiger partial charge in [0.25, 0.3) is 17.5 Å². The molecule has 2 atom stereocenters. The van der Waals surface area contributed by atoms with Crippen molar-refractivity contribution in [2.75, 3.05) is 18.4 Å². The minimum Gasteiger partial charge on any atom is -0.429 e. The number of nitro groups is 1. The van der Waals surface area contributed by atoms with Crippen LogP contribution in [0.5, 0.6) is 5.75 Å². The lowest BCUT2D eigenvalue weighted by atomic mass is 9.89. The van der Waals surface area contributed by atoms with Crippen LogP contribution in [0.4, 0.5) is 21.0 Å². The number of rotatable bonds is 18. The molecule has 3 rings (SSSR count). The molecule has 1 heterocycles. The Morgan fingerprint density at radius 1 is 0.960 bits per heavy atom. The van der Waals surface area contributed by atoms with Crippen molar-refractivity contribution < 1.29 is 48.0 Å². The van der Waals surface area contributed by atoms with Gasteiger partial charge in [-0.15, -0.1) is 0 Å². The van der Waals surface area contributed by atoms with E-state index in [1.807, 2.05) is 0 Å². The van der Waals surface area contributed by atoms with Crippen LogP contribution in [0.1, 0.15) is 45.1 Å². The maximum absolute atomic E-state index is 13.4. The van der Waals surface area contributed by atoms with Gasteiger partial charge in [0.15, 0.2) is 5.78 Å². The molecule has 0 unspecified atom stereocenters. The first-order valence-corrected chi connectivity index (χ1v) is 15.6. The molecule has 1 aliphatic heterocycles. The molecule has 0 aromatic heterocycles. The fourth-order valence-corrected chi connectivity index (χ4v) is 4.82. The number of urea groups is 1. The molecule has 17 heteroatoms. The Hall–Kier alpha value is -6.13. The molecule has 5 N–H and O–H groups in total. The number of hydrogen-bond acceptors (Lipinski definition) is 11. The number of carbonyl (C=O) groups excluding carboxylic acids is 7. The minimum atomic E-state index is -1.03. The number of anilines is 1. The fraction of sp³-hybridized carbons (Fsp3) is 0.364. The number of nitrogens with one attached hydrogen (secondary N) is 3. The Morgan fingerprint density at radius 2 is 1.60 bits per heavy atom. The van der Waals surface area contributed by atoms with Crippen molar-refractivity contribution in [3.63, 3.8) is 0 Å². The van der Waals surface area contributed by atoms with Gasteiger partial charge in [-0.1, -0.05) is 26.0 Å². The number of amides is 6. The van der Waals surface area contributed by atoms with Crippen LogP contribution >= 0.6 is 0 Å². The van der Waals surface area contributed by atoms with Crippen LogP contribution in [-0.4, -0.2) is 70.6 Å². The van der Waals surface area contributed by atoms with Crippen molar-refractivity contribution in [1.82, 2.24) is 15.5 Å². The molecule has 0 saturated heterocycles. The molecule has 6 amide bonds. The van der Waals surface area contributed by atoms with E-state index in [0.29, 0.717) is 17.7 Å². The monoisotopic (exact) mass is 694 g/mol. The van der Waals surface area contributed by atoms with Crippen LogP contribution < -0.4 is 26.4 Å². The van der Waals surface area contributed by atoms with E-state index in [0.717, 1.165) is 17.1 Å². The molecule has 0 bridgehead atoms. The molecule has 0 spiro atoms. The van der Waals surface area contributed by atoms with E-state index in [4.69, 9.17) is 15.2 Å². The van der Waals surface area contributed by atoms with Crippen LogP contribution in [0, 0.1) is 22.0 Å². The Kier molecular flexibility index (Phi) is 14.1. The third-order valence-corrected chi connectivity index (χ3v) is 7.47. The summed E-state index contributed by atoms with van der Waals surface area (Å²) >= 11 is 0. The molecule has 0 fully saturated rings. The van der Waals surface area contributed by atoms with Crippen LogP contribution in [0.15, 0.2) is 60.7 Å². The smallest absolute Gasteiger partial charge is 0.429 e. The van der Waals surface area contributed by atoms with E-state index in [9.17, 15) is 43.7 Å². The number of Topliss-reactive ketones (excluding diaryl/α,β-unsaturated/α-hetero) is 1. The lowest BCUT2D eigenvalue weighted by Crippen LogP contribution is -2.46. The SMILES string of the molecule is CC(C)[C@H](NC(=O)CCN1C(=O)C=CC1=O)C(=O)C[C@@H](CCCNC(N)=O)C(=O)Nc1ccc(COC(=O)Oc2ccc([N+](=O)[O-])cc2)cc1. The standard InChI is InChI=1S/C33H38N6O11/c1-20(2)30(37-27(41)15-17-38-28(42)13-14-29(38)43)26(40)18-22(4-3-16-35-32(34)45)31(44)36-23-7-5-21(6-8-23)19-49-33(46)50-25-11-9-24(10-12-25)39(47)48/h5-14,20,22,30H,3-4,15-19H2,1-2H3,(H,36,44)(H,37,41)(H3,34,35,45)/t22-,30+/m1/s1. The lowest BCUT2D eigenvalue weighted by molar-refractivity contribution is -0.384. The van der Waals surface area contributed by atoms with Crippen LogP contribution in [0.3, 0.4) is 0 Å². The van der Waals surface area contributed by atoms with E-state index >= 15 is 0 Å². The van der Waals surface area contributed by atoms with Gasteiger partial charge in [-0.05, 0) is 48.6 Å². The molecule has 2 aromatic carbocycles. The predicted octanol–water partition coefficient (Wildman–Crippen LogP) is 2.73. The highest BCUT2D eigenvalue weighted by Crippen LogP contribution is 2.21. The maximum Gasteiger partial charge on any atom is 0.514 e. The molecule has 50 heavy (non-hydrogen) atoms. The van der Waals surface area contributed by atoms with Crippen LogP contribution in [-0.2, 0) is 35.3 Å². The summed E-state index contributed by atoms with van der Waals surface area (Å²) in [6.45, 7) is 3.31. The van der Waals surface area contributed by atoms with Crippen molar-refractivity contribution in [2.24, 2.45) is 17.6 Å². The number of nitrogens with two attached hydrogens (primary N) is 1. The number of carbonyl (C=O) groups is 7. The maximum atomic E-state index is 13.4. The number of imide groups is 1. The number of ether oxygens (including phenoxy) is 2. The second-order valence-corrected chi connectivity index (χ2v) is 11.6. The Labute approximate surface area is 286 Å². The summed E-state index contributed by atoms with van der Waals surface area (Å²) in [5, 5.41) is 18.6. The number of nitro benzene ring substituents is 1. The number of nitrogens with zero attached hydrogens (tertiary/aromatic N) is 2. The van der Waals surface area contributed by atoms with Crippen molar-refractivity contribution in [2.45, 2.75) is 52.2 Å². The number of hydrogen-bond donors (Lipinski definition) is 4. The summed E-state index contributed by atoms with van der Waals surface area (Å²) in [6.07, 6.45) is 1.28. The van der Waals surface area contributed by atoms with Gasteiger partial charge < -0.3 is 31.2 Å². The molecule has 0 radical (unpaired) electrons. The zero-order chi connectivity index (χ0) is 36.8. The quantitative estimate of drug-likeness (QED) is 0.0441. The fourth-order valence-electron chi connectivity index (χ4n) is 4.82. The van der Waals surface area contributed by atoms with Crippen molar-refractivity contribution in [3.8, 4) is 5.75 Å². The minimum absolute atomic E-state index is 0.0601. The zero-order valence-corrected chi connectivity index (χ0v) is 27.4. The van der Waals surface area contributed by atoms with E-state index in [2.05, 4.69) is 16.0 Å². The van der Waals surface area contributed by atoms with Gasteiger partial charge in [0.1, 0.15) is 12.4 Å². The molecule has 1 aliphatic rings. The average molecular weight is 695 g/mol. The summed E-state index contributed by atoms with van der Waals surface area (Å²) in [5.41, 5.74) is 5.90. The predicted molar refractivity (Wildman–Crippen MR) is 176 cm³/mol. The van der Waals surface area contributed by atoms with Crippen molar-refractivity contribution in [3.05, 3.63) is 76.4 Å². The van der Waals surface area contributed by atoms with Gasteiger partial charge in [0.2, 0.25) is 11.8 Å². The molecule has 0 saturated carbocycles. The summed E-state index contributed by atoms with van der Waals surface area (Å²) in [4.78, 5) is 97.3. The third-order valence-electron chi connectivity index (χ3n) is 7.47. The first-order chi connectivity index (χ1) is 23.7. The second kappa shape index (κ2) is 18.4. The van der Waals surface area contributed by atoms with E-state index in [-0.39, 0.29) is 56.3 Å². The summed E-state index contributed by atoms with van der Waals surface area (Å²) in [7, 11) is 0. The molecular weight excluding hydrogens is 656 g/mol. The zero-order valence-electron chi connectivity index (χ0n) is 27.4. The first kappa shape index (κ1) is 38.3. The van der Waals surface area contributed by atoms with Gasteiger partial charge in [-0.2, -0.15) is 0 Å².